The van der Waals surface area contributed by atoms with E-state index in [0.717, 1.165) is 34.2 Å². The highest BCUT2D eigenvalue weighted by atomic mass is 16.5. The lowest BCUT2D eigenvalue weighted by Crippen LogP contribution is -2.14. The molecule has 1 saturated carbocycles. The SMILES string of the molecule is COc1cccc([C@@H]2C[C@H]2C(=O)Nc2cccc3cnccc23)c1. The number of fused-ring (bicyclic) bond motifs is 1. The first-order valence-electron chi connectivity index (χ1n) is 8.04. The number of nitrogens with one attached hydrogen (secondary N) is 1. The molecule has 3 aromatic rings. The van der Waals surface area contributed by atoms with Crippen molar-refractivity contribution >= 4 is 22.4 Å². The number of benzene rings is 2. The molecule has 1 aliphatic rings. The molecule has 1 fully saturated rings. The van der Waals surface area contributed by atoms with Crippen LogP contribution in [0.5, 0.6) is 5.75 Å². The molecule has 1 aliphatic carbocycles. The van der Waals surface area contributed by atoms with Gasteiger partial charge in [0.1, 0.15) is 5.75 Å². The van der Waals surface area contributed by atoms with Crippen molar-refractivity contribution in [2.75, 3.05) is 12.4 Å². The van der Waals surface area contributed by atoms with E-state index in [1.165, 1.54) is 0 Å². The molecule has 4 heteroatoms. The Balaban J connectivity index is 1.51. The number of hydrogen-bond acceptors (Lipinski definition) is 3. The predicted octanol–water partition coefficient (Wildman–Crippen LogP) is 3.99. The second kappa shape index (κ2) is 5.96. The Morgan fingerprint density at radius 2 is 2.08 bits per heavy atom. The van der Waals surface area contributed by atoms with Gasteiger partial charge in [-0.15, -0.1) is 0 Å². The number of aromatic nitrogens is 1. The highest BCUT2D eigenvalue weighted by molar-refractivity contribution is 6.03. The van der Waals surface area contributed by atoms with Crippen LogP contribution in [0.3, 0.4) is 0 Å². The van der Waals surface area contributed by atoms with Crippen molar-refractivity contribution in [1.82, 2.24) is 4.98 Å². The Hall–Kier alpha value is -2.88. The Labute approximate surface area is 140 Å². The molecule has 0 radical (unpaired) electrons. The van der Waals surface area contributed by atoms with Crippen LogP contribution >= 0.6 is 0 Å². The van der Waals surface area contributed by atoms with Gasteiger partial charge in [0.15, 0.2) is 0 Å². The maximum atomic E-state index is 12.6. The Bertz CT molecular complexity index is 902. The van der Waals surface area contributed by atoms with Gasteiger partial charge in [-0.1, -0.05) is 24.3 Å². The number of anilines is 1. The third-order valence-electron chi connectivity index (χ3n) is 4.59. The van der Waals surface area contributed by atoms with Crippen molar-refractivity contribution in [3.05, 3.63) is 66.5 Å². The second-order valence-electron chi connectivity index (χ2n) is 6.12. The van der Waals surface area contributed by atoms with Gasteiger partial charge in [0.05, 0.1) is 7.11 Å². The standard InChI is InChI=1S/C20H18N2O2/c1-24-15-6-2-4-13(10-15)17-11-18(17)20(23)22-19-7-3-5-14-12-21-9-8-16(14)19/h2-10,12,17-18H,11H2,1H3,(H,22,23)/t17-,18+/m0/s1. The first kappa shape index (κ1) is 14.7. The first-order valence-corrected chi connectivity index (χ1v) is 8.04. The Kier molecular flexibility index (Phi) is 3.65. The average Bonchev–Trinajstić information content (AvgIpc) is 3.43. The molecule has 0 bridgehead atoms. The fraction of sp³-hybridized carbons (Fsp3) is 0.200. The first-order chi connectivity index (χ1) is 11.8. The van der Waals surface area contributed by atoms with E-state index in [2.05, 4.69) is 16.4 Å². The fourth-order valence-electron chi connectivity index (χ4n) is 3.18. The van der Waals surface area contributed by atoms with Crippen LogP contribution in [0.25, 0.3) is 10.8 Å². The fourth-order valence-corrected chi connectivity index (χ4v) is 3.18. The molecule has 0 unspecified atom stereocenters. The smallest absolute Gasteiger partial charge is 0.228 e. The number of methoxy groups -OCH3 is 1. The summed E-state index contributed by atoms with van der Waals surface area (Å²) in [5, 5.41) is 5.11. The second-order valence-corrected chi connectivity index (χ2v) is 6.12. The molecule has 0 aliphatic heterocycles. The molecule has 120 valence electrons. The minimum absolute atomic E-state index is 0.0224. The number of carbonyl (C=O) groups excluding carboxylic acids is 1. The van der Waals surface area contributed by atoms with Crippen molar-refractivity contribution in [2.24, 2.45) is 5.92 Å². The maximum Gasteiger partial charge on any atom is 0.228 e. The molecule has 2 atom stereocenters. The van der Waals surface area contributed by atoms with Crippen molar-refractivity contribution < 1.29 is 9.53 Å². The average molecular weight is 318 g/mol. The minimum atomic E-state index is 0.0224. The third-order valence-corrected chi connectivity index (χ3v) is 4.59. The third kappa shape index (κ3) is 2.71. The van der Waals surface area contributed by atoms with E-state index < -0.39 is 0 Å². The van der Waals surface area contributed by atoms with E-state index in [9.17, 15) is 4.79 Å². The van der Waals surface area contributed by atoms with Gasteiger partial charge in [0.2, 0.25) is 5.91 Å². The number of amides is 1. The van der Waals surface area contributed by atoms with Gasteiger partial charge in [-0.05, 0) is 42.2 Å². The van der Waals surface area contributed by atoms with Crippen LogP contribution in [0, 0.1) is 5.92 Å². The molecule has 0 spiro atoms. The molecule has 1 aromatic heterocycles. The van der Waals surface area contributed by atoms with Crippen molar-refractivity contribution in [1.29, 1.82) is 0 Å². The van der Waals surface area contributed by atoms with Gasteiger partial charge in [0.25, 0.3) is 0 Å². The summed E-state index contributed by atoms with van der Waals surface area (Å²) < 4.78 is 5.27. The summed E-state index contributed by atoms with van der Waals surface area (Å²) in [7, 11) is 1.66. The predicted molar refractivity (Wildman–Crippen MR) is 94.2 cm³/mol. The van der Waals surface area contributed by atoms with Crippen LogP contribution in [-0.4, -0.2) is 18.0 Å². The van der Waals surface area contributed by atoms with Gasteiger partial charge < -0.3 is 10.1 Å². The topological polar surface area (TPSA) is 51.2 Å². The number of rotatable bonds is 4. The summed E-state index contributed by atoms with van der Waals surface area (Å²) in [6, 6.07) is 15.8. The van der Waals surface area contributed by atoms with Crippen LogP contribution in [-0.2, 0) is 4.79 Å². The Morgan fingerprint density at radius 1 is 1.21 bits per heavy atom. The molecule has 4 rings (SSSR count). The molecular weight excluding hydrogens is 300 g/mol. The highest BCUT2D eigenvalue weighted by Crippen LogP contribution is 2.48. The van der Waals surface area contributed by atoms with Crippen LogP contribution < -0.4 is 10.1 Å². The lowest BCUT2D eigenvalue weighted by Gasteiger charge is -2.09. The van der Waals surface area contributed by atoms with E-state index >= 15 is 0 Å². The van der Waals surface area contributed by atoms with Crippen molar-refractivity contribution in [3.8, 4) is 5.75 Å². The zero-order valence-electron chi connectivity index (χ0n) is 13.4. The summed E-state index contributed by atoms with van der Waals surface area (Å²) in [4.78, 5) is 16.7. The van der Waals surface area contributed by atoms with E-state index in [1.807, 2.05) is 42.5 Å². The molecule has 0 saturated heterocycles. The van der Waals surface area contributed by atoms with Gasteiger partial charge in [0, 0.05) is 34.8 Å². The van der Waals surface area contributed by atoms with E-state index in [4.69, 9.17) is 4.74 Å². The molecule has 4 nitrogen and oxygen atoms in total. The molecular formula is C20H18N2O2. The summed E-state index contributed by atoms with van der Waals surface area (Å²) in [6.45, 7) is 0. The molecule has 1 heterocycles. The highest BCUT2D eigenvalue weighted by Gasteiger charge is 2.44. The lowest BCUT2D eigenvalue weighted by molar-refractivity contribution is -0.117. The van der Waals surface area contributed by atoms with Gasteiger partial charge in [-0.3, -0.25) is 9.78 Å². The number of carbonyl (C=O) groups is 1. The number of hydrogen-bond donors (Lipinski definition) is 1. The maximum absolute atomic E-state index is 12.6. The quantitative estimate of drug-likeness (QED) is 0.791. The minimum Gasteiger partial charge on any atom is -0.497 e. The number of nitrogens with zero attached hydrogens (tertiary/aromatic N) is 1. The molecule has 2 aromatic carbocycles. The monoisotopic (exact) mass is 318 g/mol. The summed E-state index contributed by atoms with van der Waals surface area (Å²) >= 11 is 0. The van der Waals surface area contributed by atoms with E-state index in [0.29, 0.717) is 0 Å². The zero-order chi connectivity index (χ0) is 16.5. The van der Waals surface area contributed by atoms with Gasteiger partial charge >= 0.3 is 0 Å². The number of pyridine rings is 1. The van der Waals surface area contributed by atoms with Crippen LogP contribution in [0.15, 0.2) is 60.9 Å². The van der Waals surface area contributed by atoms with Crippen molar-refractivity contribution in [3.63, 3.8) is 0 Å². The molecule has 24 heavy (non-hydrogen) atoms. The van der Waals surface area contributed by atoms with Crippen LogP contribution in [0.2, 0.25) is 0 Å². The van der Waals surface area contributed by atoms with Crippen LogP contribution in [0.1, 0.15) is 17.9 Å². The van der Waals surface area contributed by atoms with Gasteiger partial charge in [-0.25, -0.2) is 0 Å². The lowest BCUT2D eigenvalue weighted by atomic mass is 10.1. The largest absolute Gasteiger partial charge is 0.497 e. The normalized spacial score (nSPS) is 19.0. The van der Waals surface area contributed by atoms with Crippen LogP contribution in [0.4, 0.5) is 5.69 Å². The molecule has 1 amide bonds. The summed E-state index contributed by atoms with van der Waals surface area (Å²) in [6.07, 6.45) is 4.43. The summed E-state index contributed by atoms with van der Waals surface area (Å²) in [5.74, 6) is 1.21. The number of ether oxygens (including phenoxy) is 1. The zero-order valence-corrected chi connectivity index (χ0v) is 13.4. The Morgan fingerprint density at radius 3 is 2.96 bits per heavy atom. The van der Waals surface area contributed by atoms with Crippen molar-refractivity contribution in [2.45, 2.75) is 12.3 Å². The van der Waals surface area contributed by atoms with E-state index in [1.54, 1.807) is 19.5 Å². The van der Waals surface area contributed by atoms with E-state index in [-0.39, 0.29) is 17.7 Å². The van der Waals surface area contributed by atoms with Gasteiger partial charge in [-0.2, -0.15) is 0 Å². The molecule has 1 N–H and O–H groups in total. The summed E-state index contributed by atoms with van der Waals surface area (Å²) in [5.41, 5.74) is 2.01.